The number of alkyl halides is 1. The fourth-order valence-electron chi connectivity index (χ4n) is 0.973. The van der Waals surface area contributed by atoms with E-state index in [2.05, 4.69) is 0 Å². The van der Waals surface area contributed by atoms with Crippen LogP contribution < -0.4 is 10.6 Å². The van der Waals surface area contributed by atoms with Gasteiger partial charge in [-0.05, 0) is 19.1 Å². The van der Waals surface area contributed by atoms with Crippen LogP contribution >= 0.6 is 11.6 Å². The molecule has 0 saturated carbocycles. The molecule has 92 valence electrons. The summed E-state index contributed by atoms with van der Waals surface area (Å²) in [7, 11) is 0. The van der Waals surface area contributed by atoms with Gasteiger partial charge >= 0.3 is 6.03 Å². The zero-order valence-corrected chi connectivity index (χ0v) is 9.52. The van der Waals surface area contributed by atoms with Gasteiger partial charge in [0.15, 0.2) is 0 Å². The van der Waals surface area contributed by atoms with Crippen molar-refractivity contribution in [2.45, 2.75) is 12.3 Å². The van der Waals surface area contributed by atoms with Crippen molar-refractivity contribution in [3.63, 3.8) is 0 Å². The summed E-state index contributed by atoms with van der Waals surface area (Å²) in [5, 5.41) is 2.79. The maximum absolute atomic E-state index is 13.1. The van der Waals surface area contributed by atoms with Crippen molar-refractivity contribution >= 4 is 29.2 Å². The molecule has 0 aliphatic heterocycles. The van der Waals surface area contributed by atoms with Gasteiger partial charge in [-0.25, -0.2) is 13.6 Å². The first kappa shape index (κ1) is 13.4. The second-order valence-electron chi connectivity index (χ2n) is 3.16. The number of anilines is 1. The average molecular weight is 263 g/mol. The predicted molar refractivity (Wildman–Crippen MR) is 58.8 cm³/mol. The molecule has 0 fully saturated rings. The number of halogens is 3. The Morgan fingerprint density at radius 3 is 2.29 bits per heavy atom. The van der Waals surface area contributed by atoms with Crippen molar-refractivity contribution in [3.8, 4) is 0 Å². The smallest absolute Gasteiger partial charge is 0.302 e. The minimum Gasteiger partial charge on any atom is -0.302 e. The molecule has 1 rings (SSSR count). The standard InChI is InChI=1S/C10H9ClF2N2O2/c1-5(11)9(16)15-10(17)14-8-6(12)3-2-4-7(8)13/h2-5H,1H3,(H2,14,15,16,17). The summed E-state index contributed by atoms with van der Waals surface area (Å²) in [4.78, 5) is 22.2. The number of benzene rings is 1. The Bertz CT molecular complexity index is 432. The predicted octanol–water partition coefficient (Wildman–Crippen LogP) is 2.24. The molecule has 2 N–H and O–H groups in total. The van der Waals surface area contributed by atoms with Crippen LogP contribution in [-0.4, -0.2) is 17.3 Å². The molecule has 0 aliphatic carbocycles. The van der Waals surface area contributed by atoms with Crippen LogP contribution in [0.3, 0.4) is 0 Å². The molecule has 4 nitrogen and oxygen atoms in total. The Kier molecular flexibility index (Phi) is 4.39. The number of amides is 3. The summed E-state index contributed by atoms with van der Waals surface area (Å²) >= 11 is 5.40. The number of nitrogens with one attached hydrogen (secondary N) is 2. The highest BCUT2D eigenvalue weighted by atomic mass is 35.5. The van der Waals surface area contributed by atoms with Gasteiger partial charge in [0.05, 0.1) is 0 Å². The molecule has 0 bridgehead atoms. The number of hydrogen-bond donors (Lipinski definition) is 2. The van der Waals surface area contributed by atoms with Gasteiger partial charge < -0.3 is 5.32 Å². The first-order valence-corrected chi connectivity index (χ1v) is 5.05. The van der Waals surface area contributed by atoms with Crippen molar-refractivity contribution < 1.29 is 18.4 Å². The highest BCUT2D eigenvalue weighted by Crippen LogP contribution is 2.17. The summed E-state index contributed by atoms with van der Waals surface area (Å²) in [6, 6.07) is 2.06. The highest BCUT2D eigenvalue weighted by molar-refractivity contribution is 6.31. The third kappa shape index (κ3) is 3.67. The van der Waals surface area contributed by atoms with E-state index in [0.29, 0.717) is 0 Å². The molecule has 1 unspecified atom stereocenters. The van der Waals surface area contributed by atoms with E-state index < -0.39 is 34.6 Å². The van der Waals surface area contributed by atoms with E-state index in [0.717, 1.165) is 18.2 Å². The second-order valence-corrected chi connectivity index (χ2v) is 3.81. The summed E-state index contributed by atoms with van der Waals surface area (Å²) in [6.07, 6.45) is 0. The van der Waals surface area contributed by atoms with E-state index in [1.807, 2.05) is 10.6 Å². The van der Waals surface area contributed by atoms with Crippen molar-refractivity contribution in [1.82, 2.24) is 5.32 Å². The van der Waals surface area contributed by atoms with Crippen LogP contribution in [0.25, 0.3) is 0 Å². The van der Waals surface area contributed by atoms with Crippen LogP contribution in [-0.2, 0) is 4.79 Å². The largest absolute Gasteiger partial charge is 0.326 e. The van der Waals surface area contributed by atoms with E-state index in [1.54, 1.807) is 0 Å². The number of carbonyl (C=O) groups is 2. The first-order valence-electron chi connectivity index (χ1n) is 4.61. The van der Waals surface area contributed by atoms with Gasteiger partial charge in [-0.2, -0.15) is 0 Å². The Hall–Kier alpha value is -1.69. The number of hydrogen-bond acceptors (Lipinski definition) is 2. The lowest BCUT2D eigenvalue weighted by Crippen LogP contribution is -2.38. The molecule has 0 heterocycles. The van der Waals surface area contributed by atoms with Gasteiger partial charge in [0.1, 0.15) is 22.7 Å². The number of para-hydroxylation sites is 1. The van der Waals surface area contributed by atoms with Crippen LogP contribution in [0.5, 0.6) is 0 Å². The minimum absolute atomic E-state index is 0.625. The molecule has 3 amide bonds. The van der Waals surface area contributed by atoms with Crippen LogP contribution in [0, 0.1) is 11.6 Å². The maximum atomic E-state index is 13.1. The van der Waals surface area contributed by atoms with Gasteiger partial charge in [0.25, 0.3) is 0 Å². The number of carbonyl (C=O) groups excluding carboxylic acids is 2. The molecular weight excluding hydrogens is 254 g/mol. The lowest BCUT2D eigenvalue weighted by molar-refractivity contribution is -0.119. The van der Waals surface area contributed by atoms with E-state index in [4.69, 9.17) is 11.6 Å². The zero-order chi connectivity index (χ0) is 13.0. The molecule has 7 heteroatoms. The Morgan fingerprint density at radius 2 is 1.82 bits per heavy atom. The number of urea groups is 1. The lowest BCUT2D eigenvalue weighted by atomic mass is 10.3. The average Bonchev–Trinajstić information content (AvgIpc) is 2.23. The SMILES string of the molecule is CC(Cl)C(=O)NC(=O)Nc1c(F)cccc1F. The molecule has 1 aromatic rings. The topological polar surface area (TPSA) is 58.2 Å². The fourth-order valence-corrected chi connectivity index (χ4v) is 1.03. The Labute approximate surface area is 101 Å². The summed E-state index contributed by atoms with van der Waals surface area (Å²) in [5.74, 6) is -2.64. The van der Waals surface area contributed by atoms with Crippen molar-refractivity contribution in [1.29, 1.82) is 0 Å². The molecule has 0 saturated heterocycles. The van der Waals surface area contributed by atoms with E-state index in [1.165, 1.54) is 6.92 Å². The van der Waals surface area contributed by atoms with Crippen LogP contribution in [0.15, 0.2) is 18.2 Å². The number of rotatable bonds is 2. The third-order valence-corrected chi connectivity index (χ3v) is 2.00. The molecule has 0 aromatic heterocycles. The molecule has 0 radical (unpaired) electrons. The molecule has 1 atom stereocenters. The molecule has 0 aliphatic rings. The Morgan fingerprint density at radius 1 is 1.29 bits per heavy atom. The first-order chi connectivity index (χ1) is 7.91. The van der Waals surface area contributed by atoms with Crippen LogP contribution in [0.4, 0.5) is 19.3 Å². The number of imide groups is 1. The van der Waals surface area contributed by atoms with Crippen molar-refractivity contribution in [2.24, 2.45) is 0 Å². The quantitative estimate of drug-likeness (QED) is 0.803. The fraction of sp³-hybridized carbons (Fsp3) is 0.200. The monoisotopic (exact) mass is 262 g/mol. The minimum atomic E-state index is -1.05. The van der Waals surface area contributed by atoms with E-state index in [9.17, 15) is 18.4 Å². The van der Waals surface area contributed by atoms with Gasteiger partial charge in [0.2, 0.25) is 5.91 Å². The summed E-state index contributed by atoms with van der Waals surface area (Å²) < 4.78 is 26.2. The van der Waals surface area contributed by atoms with Gasteiger partial charge in [-0.3, -0.25) is 10.1 Å². The van der Waals surface area contributed by atoms with Crippen molar-refractivity contribution in [2.75, 3.05) is 5.32 Å². The maximum Gasteiger partial charge on any atom is 0.326 e. The normalized spacial score (nSPS) is 11.8. The molecular formula is C10H9ClF2N2O2. The van der Waals surface area contributed by atoms with Crippen LogP contribution in [0.2, 0.25) is 0 Å². The van der Waals surface area contributed by atoms with Gasteiger partial charge in [0, 0.05) is 0 Å². The summed E-state index contributed by atoms with van der Waals surface area (Å²) in [5.41, 5.74) is -0.625. The second kappa shape index (κ2) is 5.58. The van der Waals surface area contributed by atoms with Gasteiger partial charge in [-0.1, -0.05) is 6.07 Å². The summed E-state index contributed by atoms with van der Waals surface area (Å²) in [6.45, 7) is 1.36. The van der Waals surface area contributed by atoms with Crippen molar-refractivity contribution in [3.05, 3.63) is 29.8 Å². The zero-order valence-electron chi connectivity index (χ0n) is 8.76. The molecule has 0 spiro atoms. The highest BCUT2D eigenvalue weighted by Gasteiger charge is 2.16. The van der Waals surface area contributed by atoms with Crippen LogP contribution in [0.1, 0.15) is 6.92 Å². The molecule has 1 aromatic carbocycles. The lowest BCUT2D eigenvalue weighted by Gasteiger charge is -2.08. The van der Waals surface area contributed by atoms with Gasteiger partial charge in [-0.15, -0.1) is 11.6 Å². The van der Waals surface area contributed by atoms with E-state index >= 15 is 0 Å². The van der Waals surface area contributed by atoms with E-state index in [-0.39, 0.29) is 0 Å². The Balaban J connectivity index is 2.72. The third-order valence-electron chi connectivity index (χ3n) is 1.80. The molecule has 17 heavy (non-hydrogen) atoms.